The molecule has 0 bridgehead atoms. The van der Waals surface area contributed by atoms with Gasteiger partial charge in [-0.15, -0.1) is 0 Å². The third-order valence-corrected chi connectivity index (χ3v) is 8.07. The van der Waals surface area contributed by atoms with Crippen molar-refractivity contribution in [1.29, 1.82) is 0 Å². The van der Waals surface area contributed by atoms with Gasteiger partial charge in [-0.1, -0.05) is 19.2 Å². The Labute approximate surface area is 227 Å². The Morgan fingerprint density at radius 3 is 2.24 bits per heavy atom. The van der Waals surface area contributed by atoms with E-state index in [0.717, 1.165) is 62.7 Å². The molecule has 2 aliphatic heterocycles. The quantitative estimate of drug-likeness (QED) is 0.340. The van der Waals surface area contributed by atoms with Crippen molar-refractivity contribution in [3.63, 3.8) is 0 Å². The number of likely N-dealkylation sites (N-methyl/N-ethyl adjacent to an activating group) is 1. The number of benzene rings is 1. The topological polar surface area (TPSA) is 38.8 Å². The standard InChI is InChI=1S/C31H44F2N4O/c1-7-29(23(3)34-4)22(2)25-10-14-36(15-11-25)30(21-35(5)6)26-12-16-37(17-13-26)31(38)9-8-24-18-27(32)20-28(33)19-24/h7-9,18-20,25-26,30,34H,1-2,10-17,21H2,3-6H3/b9-8+,29-23-. The van der Waals surface area contributed by atoms with E-state index in [0.29, 0.717) is 36.5 Å². The van der Waals surface area contributed by atoms with Gasteiger partial charge in [0.05, 0.1) is 0 Å². The van der Waals surface area contributed by atoms with E-state index < -0.39 is 11.6 Å². The average molecular weight is 527 g/mol. The molecule has 2 aliphatic rings. The van der Waals surface area contributed by atoms with Gasteiger partial charge in [0.2, 0.25) is 5.91 Å². The Morgan fingerprint density at radius 2 is 1.71 bits per heavy atom. The van der Waals surface area contributed by atoms with Crippen LogP contribution in [0.25, 0.3) is 6.08 Å². The molecule has 5 nitrogen and oxygen atoms in total. The van der Waals surface area contributed by atoms with Crippen LogP contribution in [0.2, 0.25) is 0 Å². The van der Waals surface area contributed by atoms with Gasteiger partial charge in [0.1, 0.15) is 11.6 Å². The zero-order chi connectivity index (χ0) is 27.8. The van der Waals surface area contributed by atoms with Gasteiger partial charge in [0, 0.05) is 50.6 Å². The highest BCUT2D eigenvalue weighted by molar-refractivity contribution is 5.91. The number of likely N-dealkylation sites (tertiary alicyclic amines) is 2. The van der Waals surface area contributed by atoms with Crippen LogP contribution in [-0.2, 0) is 4.79 Å². The molecule has 1 atom stereocenters. The van der Waals surface area contributed by atoms with Gasteiger partial charge in [-0.2, -0.15) is 0 Å². The number of hydrogen-bond donors (Lipinski definition) is 1. The Morgan fingerprint density at radius 1 is 1.11 bits per heavy atom. The van der Waals surface area contributed by atoms with Gasteiger partial charge in [-0.05, 0) is 107 Å². The number of nitrogens with one attached hydrogen (secondary N) is 1. The molecule has 0 aromatic heterocycles. The number of rotatable bonds is 10. The predicted octanol–water partition coefficient (Wildman–Crippen LogP) is 5.09. The number of carbonyl (C=O) groups excluding carboxylic acids is 1. The third kappa shape index (κ3) is 7.87. The van der Waals surface area contributed by atoms with E-state index >= 15 is 0 Å². The summed E-state index contributed by atoms with van der Waals surface area (Å²) in [5, 5.41) is 3.23. The molecule has 2 fully saturated rings. The summed E-state index contributed by atoms with van der Waals surface area (Å²) in [6, 6.07) is 3.71. The number of amides is 1. The minimum Gasteiger partial charge on any atom is -0.391 e. The van der Waals surface area contributed by atoms with E-state index in [1.165, 1.54) is 29.9 Å². The summed E-state index contributed by atoms with van der Waals surface area (Å²) in [6.45, 7) is 14.9. The molecule has 38 heavy (non-hydrogen) atoms. The van der Waals surface area contributed by atoms with E-state index in [9.17, 15) is 13.6 Å². The number of halogens is 2. The fourth-order valence-electron chi connectivity index (χ4n) is 5.84. The van der Waals surface area contributed by atoms with Crippen LogP contribution in [0.1, 0.15) is 38.2 Å². The van der Waals surface area contributed by atoms with Gasteiger partial charge in [0.15, 0.2) is 0 Å². The van der Waals surface area contributed by atoms with Crippen molar-refractivity contribution in [3.05, 3.63) is 77.6 Å². The van der Waals surface area contributed by atoms with E-state index in [-0.39, 0.29) is 5.91 Å². The molecule has 0 radical (unpaired) electrons. The minimum atomic E-state index is -0.649. The first-order valence-electron chi connectivity index (χ1n) is 13.6. The van der Waals surface area contributed by atoms with E-state index in [4.69, 9.17) is 0 Å². The van der Waals surface area contributed by atoms with Gasteiger partial charge < -0.3 is 15.1 Å². The molecule has 1 aromatic carbocycles. The van der Waals surface area contributed by atoms with Gasteiger partial charge in [-0.25, -0.2) is 8.78 Å². The van der Waals surface area contributed by atoms with E-state index in [1.54, 1.807) is 0 Å². The molecule has 208 valence electrons. The monoisotopic (exact) mass is 526 g/mol. The fraction of sp³-hybridized carbons (Fsp3) is 0.516. The number of piperidine rings is 2. The first-order chi connectivity index (χ1) is 18.1. The Bertz CT molecular complexity index is 1030. The van der Waals surface area contributed by atoms with Crippen LogP contribution < -0.4 is 5.32 Å². The van der Waals surface area contributed by atoms with E-state index in [1.807, 2.05) is 18.0 Å². The largest absolute Gasteiger partial charge is 0.391 e. The van der Waals surface area contributed by atoms with Crippen LogP contribution in [0, 0.1) is 23.5 Å². The van der Waals surface area contributed by atoms with Crippen LogP contribution in [0.5, 0.6) is 0 Å². The smallest absolute Gasteiger partial charge is 0.246 e. The van der Waals surface area contributed by atoms with Crippen LogP contribution in [-0.4, -0.2) is 80.5 Å². The molecule has 1 N–H and O–H groups in total. The Kier molecular flexibility index (Phi) is 10.9. The number of hydrogen-bond acceptors (Lipinski definition) is 4. The van der Waals surface area contributed by atoms with Gasteiger partial charge in [0.25, 0.3) is 0 Å². The van der Waals surface area contributed by atoms with Crippen molar-refractivity contribution >= 4 is 12.0 Å². The number of allylic oxidation sites excluding steroid dienone is 4. The van der Waals surface area contributed by atoms with Gasteiger partial charge in [-0.3, -0.25) is 9.69 Å². The van der Waals surface area contributed by atoms with E-state index in [2.05, 4.69) is 49.3 Å². The zero-order valence-electron chi connectivity index (χ0n) is 23.5. The Hall–Kier alpha value is -2.77. The summed E-state index contributed by atoms with van der Waals surface area (Å²) in [5.41, 5.74) is 3.76. The van der Waals surface area contributed by atoms with Crippen molar-refractivity contribution in [2.45, 2.75) is 38.6 Å². The fourth-order valence-corrected chi connectivity index (χ4v) is 5.84. The lowest BCUT2D eigenvalue weighted by Gasteiger charge is -2.45. The van der Waals surface area contributed by atoms with Crippen LogP contribution in [0.4, 0.5) is 8.78 Å². The highest BCUT2D eigenvalue weighted by Crippen LogP contribution is 2.33. The molecule has 2 heterocycles. The summed E-state index contributed by atoms with van der Waals surface area (Å²) in [4.78, 5) is 19.5. The number of nitrogens with zero attached hydrogens (tertiary/aromatic N) is 3. The molecule has 0 spiro atoms. The lowest BCUT2D eigenvalue weighted by atomic mass is 9.82. The van der Waals surface area contributed by atoms with Crippen molar-refractivity contribution in [3.8, 4) is 0 Å². The first-order valence-corrected chi connectivity index (χ1v) is 13.6. The van der Waals surface area contributed by atoms with Crippen LogP contribution in [0.15, 0.2) is 60.4 Å². The average Bonchev–Trinajstić information content (AvgIpc) is 2.90. The summed E-state index contributed by atoms with van der Waals surface area (Å²) in [5.74, 6) is -0.439. The molecule has 0 saturated carbocycles. The molecule has 1 amide bonds. The lowest BCUT2D eigenvalue weighted by molar-refractivity contribution is -0.127. The molecule has 1 unspecified atom stereocenters. The third-order valence-electron chi connectivity index (χ3n) is 8.07. The molecule has 3 rings (SSSR count). The maximum Gasteiger partial charge on any atom is 0.246 e. The van der Waals surface area contributed by atoms with Crippen molar-refractivity contribution in [2.75, 3.05) is 53.9 Å². The van der Waals surface area contributed by atoms with Crippen molar-refractivity contribution in [1.82, 2.24) is 20.0 Å². The number of carbonyl (C=O) groups is 1. The normalized spacial score (nSPS) is 19.5. The second-order valence-electron chi connectivity index (χ2n) is 10.9. The van der Waals surface area contributed by atoms with Gasteiger partial charge >= 0.3 is 0 Å². The molecular formula is C31H44F2N4O. The summed E-state index contributed by atoms with van der Waals surface area (Å²) < 4.78 is 26.9. The van der Waals surface area contributed by atoms with Crippen molar-refractivity contribution in [2.24, 2.45) is 11.8 Å². The minimum absolute atomic E-state index is 0.112. The summed E-state index contributed by atoms with van der Waals surface area (Å²) >= 11 is 0. The second kappa shape index (κ2) is 13.9. The molecule has 0 aliphatic carbocycles. The maximum absolute atomic E-state index is 13.4. The van der Waals surface area contributed by atoms with Crippen LogP contribution >= 0.6 is 0 Å². The SMILES string of the molecule is C=C/C(C(=C)C1CCN(C(CN(C)C)C2CCN(C(=O)/C=C/c3cc(F)cc(F)c3)CC2)CC1)=C(\C)NC. The second-order valence-corrected chi connectivity index (χ2v) is 10.9. The van der Waals surface area contributed by atoms with Crippen molar-refractivity contribution < 1.29 is 13.6 Å². The molecule has 1 aromatic rings. The predicted molar refractivity (Wildman–Crippen MR) is 152 cm³/mol. The Balaban J connectivity index is 1.58. The summed E-state index contributed by atoms with van der Waals surface area (Å²) in [7, 11) is 6.19. The first kappa shape index (κ1) is 29.8. The maximum atomic E-state index is 13.4. The lowest BCUT2D eigenvalue weighted by Crippen LogP contribution is -2.52. The highest BCUT2D eigenvalue weighted by Gasteiger charge is 2.34. The highest BCUT2D eigenvalue weighted by atomic mass is 19.1. The molecule has 7 heteroatoms. The summed E-state index contributed by atoms with van der Waals surface area (Å²) in [6.07, 6.45) is 8.88. The van der Waals surface area contributed by atoms with Crippen LogP contribution in [0.3, 0.4) is 0 Å². The zero-order valence-corrected chi connectivity index (χ0v) is 23.5. The molecule has 2 saturated heterocycles. The molecular weight excluding hydrogens is 482 g/mol.